The Morgan fingerprint density at radius 1 is 1.27 bits per heavy atom. The van der Waals surface area contributed by atoms with Crippen molar-refractivity contribution >= 4 is 17.5 Å². The van der Waals surface area contributed by atoms with Gasteiger partial charge >= 0.3 is 0 Å². The number of hydrogen-bond acceptors (Lipinski definition) is 7. The van der Waals surface area contributed by atoms with Crippen molar-refractivity contribution in [2.45, 2.75) is 51.2 Å². The number of hydrogen-bond donors (Lipinski definition) is 2. The molecular formula is C22H29N5O3. The first-order valence-electron chi connectivity index (χ1n) is 10.5. The normalized spacial score (nSPS) is 21.5. The number of anilines is 2. The minimum absolute atomic E-state index is 0.0677. The van der Waals surface area contributed by atoms with Gasteiger partial charge in [-0.15, -0.1) is 0 Å². The summed E-state index contributed by atoms with van der Waals surface area (Å²) in [5, 5.41) is 12.9. The van der Waals surface area contributed by atoms with Gasteiger partial charge in [-0.3, -0.25) is 9.78 Å². The SMILES string of the molecule is CO[C@@H]1CC[C@@H](CCN2CC(=O)Nc3ncc(-c4ccc(C(C)(C)O)nc4)nc32)C1. The molecule has 8 nitrogen and oxygen atoms in total. The zero-order valence-electron chi connectivity index (χ0n) is 17.8. The van der Waals surface area contributed by atoms with Crippen molar-refractivity contribution in [2.75, 3.05) is 30.4 Å². The standard InChI is InChI=1S/C22H29N5O3/c1-22(2,29)18-7-5-15(11-23-18)17-12-24-20-21(25-17)27(13-19(28)26-20)9-8-14-4-6-16(10-14)30-3/h5,7,11-12,14,16,29H,4,6,8-10,13H2,1-3H3,(H,24,26,28)/t14-,16+/m0/s1. The number of aliphatic hydroxyl groups is 1. The van der Waals surface area contributed by atoms with E-state index in [1.54, 1.807) is 39.4 Å². The zero-order chi connectivity index (χ0) is 21.3. The first-order chi connectivity index (χ1) is 14.3. The second-order valence-corrected chi connectivity index (χ2v) is 8.71. The number of nitrogens with zero attached hydrogens (tertiary/aromatic N) is 4. The van der Waals surface area contributed by atoms with E-state index in [2.05, 4.69) is 15.3 Å². The number of pyridine rings is 1. The van der Waals surface area contributed by atoms with Crippen LogP contribution >= 0.6 is 0 Å². The quantitative estimate of drug-likeness (QED) is 0.754. The van der Waals surface area contributed by atoms with Crippen molar-refractivity contribution in [1.29, 1.82) is 0 Å². The van der Waals surface area contributed by atoms with E-state index in [1.807, 2.05) is 11.0 Å². The fraction of sp³-hybridized carbons (Fsp3) is 0.545. The Balaban J connectivity index is 1.53. The van der Waals surface area contributed by atoms with Crippen molar-refractivity contribution in [3.8, 4) is 11.3 Å². The molecule has 4 rings (SSSR count). The molecule has 0 aromatic carbocycles. The first kappa shape index (κ1) is 20.7. The number of methoxy groups -OCH3 is 1. The Kier molecular flexibility index (Phi) is 5.71. The highest BCUT2D eigenvalue weighted by Crippen LogP contribution is 2.33. The number of rotatable bonds is 6. The van der Waals surface area contributed by atoms with Gasteiger partial charge in [-0.25, -0.2) is 9.97 Å². The molecular weight excluding hydrogens is 382 g/mol. The molecule has 2 N–H and O–H groups in total. The molecule has 0 unspecified atom stereocenters. The van der Waals surface area contributed by atoms with Crippen molar-refractivity contribution in [3.05, 3.63) is 30.2 Å². The van der Waals surface area contributed by atoms with Crippen LogP contribution in [0.1, 0.15) is 45.2 Å². The molecule has 1 fully saturated rings. The molecule has 1 amide bonds. The summed E-state index contributed by atoms with van der Waals surface area (Å²) < 4.78 is 5.48. The molecule has 2 aromatic rings. The summed E-state index contributed by atoms with van der Waals surface area (Å²) >= 11 is 0. The molecule has 1 aliphatic carbocycles. The van der Waals surface area contributed by atoms with Gasteiger partial charge in [0.25, 0.3) is 0 Å². The van der Waals surface area contributed by atoms with Crippen LogP contribution in [0, 0.1) is 5.92 Å². The lowest BCUT2D eigenvalue weighted by atomic mass is 10.0. The number of nitrogens with one attached hydrogen (secondary N) is 1. The highest BCUT2D eigenvalue weighted by Gasteiger charge is 2.28. The van der Waals surface area contributed by atoms with E-state index in [-0.39, 0.29) is 12.5 Å². The third kappa shape index (κ3) is 4.44. The van der Waals surface area contributed by atoms with E-state index in [4.69, 9.17) is 9.72 Å². The summed E-state index contributed by atoms with van der Waals surface area (Å²) in [4.78, 5) is 27.7. The molecule has 160 valence electrons. The van der Waals surface area contributed by atoms with Gasteiger partial charge in [0.05, 0.1) is 30.2 Å². The fourth-order valence-corrected chi connectivity index (χ4v) is 4.18. The van der Waals surface area contributed by atoms with Gasteiger partial charge in [-0.1, -0.05) is 0 Å². The second kappa shape index (κ2) is 8.28. The van der Waals surface area contributed by atoms with Crippen molar-refractivity contribution in [2.24, 2.45) is 5.92 Å². The monoisotopic (exact) mass is 411 g/mol. The van der Waals surface area contributed by atoms with Crippen molar-refractivity contribution in [1.82, 2.24) is 15.0 Å². The predicted octanol–water partition coefficient (Wildman–Crippen LogP) is 2.73. The predicted molar refractivity (Wildman–Crippen MR) is 114 cm³/mol. The van der Waals surface area contributed by atoms with Gasteiger partial charge in [0.1, 0.15) is 5.60 Å². The largest absolute Gasteiger partial charge is 0.384 e. The van der Waals surface area contributed by atoms with E-state index in [9.17, 15) is 9.90 Å². The Morgan fingerprint density at radius 3 is 2.77 bits per heavy atom. The number of ether oxygens (including phenoxy) is 1. The van der Waals surface area contributed by atoms with Crippen LogP contribution < -0.4 is 10.2 Å². The lowest BCUT2D eigenvalue weighted by molar-refractivity contribution is -0.115. The molecule has 30 heavy (non-hydrogen) atoms. The van der Waals surface area contributed by atoms with Crippen LogP contribution in [0.5, 0.6) is 0 Å². The van der Waals surface area contributed by atoms with E-state index in [0.717, 1.165) is 37.8 Å². The second-order valence-electron chi connectivity index (χ2n) is 8.71. The Labute approximate surface area is 176 Å². The number of carbonyl (C=O) groups is 1. The minimum atomic E-state index is -0.997. The molecule has 0 spiro atoms. The van der Waals surface area contributed by atoms with Gasteiger partial charge in [0.2, 0.25) is 5.91 Å². The summed E-state index contributed by atoms with van der Waals surface area (Å²) in [5.41, 5.74) is 1.10. The third-order valence-corrected chi connectivity index (χ3v) is 5.97. The molecule has 1 saturated carbocycles. The molecule has 2 atom stereocenters. The van der Waals surface area contributed by atoms with E-state index < -0.39 is 5.60 Å². The number of fused-ring (bicyclic) bond motifs is 1. The Bertz CT molecular complexity index is 910. The van der Waals surface area contributed by atoms with Gasteiger partial charge in [-0.2, -0.15) is 0 Å². The highest BCUT2D eigenvalue weighted by molar-refractivity contribution is 5.99. The maximum absolute atomic E-state index is 12.1. The maximum atomic E-state index is 12.1. The molecule has 0 radical (unpaired) electrons. The number of aromatic nitrogens is 3. The molecule has 2 aromatic heterocycles. The Hall–Kier alpha value is -2.58. The van der Waals surface area contributed by atoms with Crippen molar-refractivity contribution < 1.29 is 14.6 Å². The van der Waals surface area contributed by atoms with E-state index in [0.29, 0.717) is 35.0 Å². The summed E-state index contributed by atoms with van der Waals surface area (Å²) in [6, 6.07) is 3.67. The first-order valence-corrected chi connectivity index (χ1v) is 10.5. The molecule has 2 aliphatic rings. The summed E-state index contributed by atoms with van der Waals surface area (Å²) in [6.07, 6.45) is 8.04. The average molecular weight is 412 g/mol. The summed E-state index contributed by atoms with van der Waals surface area (Å²) in [5.74, 6) is 1.73. The number of carbonyl (C=O) groups excluding carboxylic acids is 1. The lowest BCUT2D eigenvalue weighted by Crippen LogP contribution is -2.40. The summed E-state index contributed by atoms with van der Waals surface area (Å²) in [6.45, 7) is 4.44. The fourth-order valence-electron chi connectivity index (χ4n) is 4.18. The molecule has 0 bridgehead atoms. The highest BCUT2D eigenvalue weighted by atomic mass is 16.5. The van der Waals surface area contributed by atoms with Crippen LogP contribution in [-0.4, -0.2) is 52.3 Å². The third-order valence-electron chi connectivity index (χ3n) is 5.97. The van der Waals surface area contributed by atoms with Gasteiger partial charge < -0.3 is 20.1 Å². The summed E-state index contributed by atoms with van der Waals surface area (Å²) in [7, 11) is 1.78. The van der Waals surface area contributed by atoms with Crippen LogP contribution in [0.25, 0.3) is 11.3 Å². The average Bonchev–Trinajstić information content (AvgIpc) is 3.19. The minimum Gasteiger partial charge on any atom is -0.384 e. The molecule has 8 heteroatoms. The van der Waals surface area contributed by atoms with Crippen LogP contribution in [0.2, 0.25) is 0 Å². The van der Waals surface area contributed by atoms with Crippen LogP contribution in [0.15, 0.2) is 24.5 Å². The van der Waals surface area contributed by atoms with Gasteiger partial charge in [0, 0.05) is 25.4 Å². The van der Waals surface area contributed by atoms with Crippen LogP contribution in [0.3, 0.4) is 0 Å². The number of amides is 1. The van der Waals surface area contributed by atoms with Crippen LogP contribution in [-0.2, 0) is 15.1 Å². The molecule has 3 heterocycles. The maximum Gasteiger partial charge on any atom is 0.245 e. The zero-order valence-corrected chi connectivity index (χ0v) is 17.8. The topological polar surface area (TPSA) is 100 Å². The van der Waals surface area contributed by atoms with E-state index >= 15 is 0 Å². The van der Waals surface area contributed by atoms with Gasteiger partial charge in [-0.05, 0) is 57.6 Å². The van der Waals surface area contributed by atoms with Crippen molar-refractivity contribution in [3.63, 3.8) is 0 Å². The molecule has 0 saturated heterocycles. The van der Waals surface area contributed by atoms with Gasteiger partial charge in [0.15, 0.2) is 11.6 Å². The molecule has 1 aliphatic heterocycles. The smallest absolute Gasteiger partial charge is 0.245 e. The van der Waals surface area contributed by atoms with E-state index in [1.165, 1.54) is 0 Å². The van der Waals surface area contributed by atoms with Crippen LogP contribution in [0.4, 0.5) is 11.6 Å². The lowest BCUT2D eigenvalue weighted by Gasteiger charge is -2.30. The Morgan fingerprint density at radius 2 is 2.10 bits per heavy atom.